The summed E-state index contributed by atoms with van der Waals surface area (Å²) in [6.07, 6.45) is -0.171. The number of halogens is 6. The van der Waals surface area contributed by atoms with Crippen molar-refractivity contribution in [2.75, 3.05) is 24.5 Å². The van der Waals surface area contributed by atoms with Gasteiger partial charge in [-0.3, -0.25) is 9.48 Å². The predicted octanol–water partition coefficient (Wildman–Crippen LogP) is 7.11. The number of carbonyl (C=O) groups excluding carboxylic acids is 1. The molecule has 16 heteroatoms. The average molecular weight is 710 g/mol. The van der Waals surface area contributed by atoms with Crippen molar-refractivity contribution in [3.63, 3.8) is 0 Å². The van der Waals surface area contributed by atoms with E-state index in [0.29, 0.717) is 69.3 Å². The fourth-order valence-corrected chi connectivity index (χ4v) is 7.03. The second-order valence-electron chi connectivity index (χ2n) is 13.2. The van der Waals surface area contributed by atoms with Crippen LogP contribution in [0.1, 0.15) is 69.1 Å². The molecule has 2 fully saturated rings. The van der Waals surface area contributed by atoms with Gasteiger partial charge in [0.15, 0.2) is 0 Å². The van der Waals surface area contributed by atoms with Gasteiger partial charge in [0.25, 0.3) is 0 Å². The molecular formula is C34H41F6N7O3. The first-order valence-corrected chi connectivity index (χ1v) is 16.7. The van der Waals surface area contributed by atoms with Gasteiger partial charge in [-0.15, -0.1) is 0 Å². The van der Waals surface area contributed by atoms with Crippen molar-refractivity contribution < 1.29 is 41.0 Å². The topological polar surface area (TPSA) is 108 Å². The molecule has 2 amide bonds. The monoisotopic (exact) mass is 709 g/mol. The third kappa shape index (κ3) is 8.49. The van der Waals surface area contributed by atoms with Gasteiger partial charge in [-0.1, -0.05) is 6.92 Å². The van der Waals surface area contributed by atoms with E-state index in [1.54, 1.807) is 38.8 Å². The highest BCUT2D eigenvalue weighted by molar-refractivity contribution is 5.75. The van der Waals surface area contributed by atoms with Crippen LogP contribution in [0.5, 0.6) is 0 Å². The van der Waals surface area contributed by atoms with Crippen LogP contribution in [0.4, 0.5) is 37.1 Å². The Balaban J connectivity index is 1.44. The van der Waals surface area contributed by atoms with Crippen LogP contribution in [0.3, 0.4) is 0 Å². The van der Waals surface area contributed by atoms with E-state index < -0.39 is 35.5 Å². The number of carboxylic acids is 1. The molecule has 2 aliphatic rings. The first kappa shape index (κ1) is 36.9. The molecule has 272 valence electrons. The summed E-state index contributed by atoms with van der Waals surface area (Å²) in [6.45, 7) is 4.45. The number of alkyl halides is 6. The molecule has 2 aromatic heterocycles. The van der Waals surface area contributed by atoms with E-state index in [2.05, 4.69) is 15.1 Å². The number of hydrogen-bond acceptors (Lipinski definition) is 6. The number of amides is 2. The smallest absolute Gasteiger partial charge is 0.416 e. The van der Waals surface area contributed by atoms with Crippen molar-refractivity contribution in [3.8, 4) is 11.1 Å². The highest BCUT2D eigenvalue weighted by atomic mass is 19.4. The predicted molar refractivity (Wildman–Crippen MR) is 172 cm³/mol. The number of aryl methyl sites for hydroxylation is 1. The first-order valence-electron chi connectivity index (χ1n) is 16.7. The molecule has 1 aliphatic carbocycles. The summed E-state index contributed by atoms with van der Waals surface area (Å²) in [5, 5.41) is 13.5. The van der Waals surface area contributed by atoms with Crippen molar-refractivity contribution in [1.82, 2.24) is 29.5 Å². The lowest BCUT2D eigenvalue weighted by Crippen LogP contribution is -2.48. The number of likely N-dealkylation sites (tertiary alicyclic amines) is 1. The quantitative estimate of drug-likeness (QED) is 0.224. The Bertz CT molecular complexity index is 1600. The summed E-state index contributed by atoms with van der Waals surface area (Å²) in [6, 6.07) is 0.520. The number of carbonyl (C=O) groups is 2. The SMILES string of the molecule is CCC1CC(N(Cc2cc(C(F)(F)F)cc(C(F)(F)F)c2)c2ncc(-c3cnn(C)c3)cn2)CN1C(=O)N(CC)CC1CCC(C(=O)O)CC1. The van der Waals surface area contributed by atoms with Crippen molar-refractivity contribution >= 4 is 17.9 Å². The van der Waals surface area contributed by atoms with E-state index in [-0.39, 0.29) is 54.6 Å². The van der Waals surface area contributed by atoms with Gasteiger partial charge in [-0.05, 0) is 75.1 Å². The lowest BCUT2D eigenvalue weighted by molar-refractivity contribution is -0.144. The molecule has 0 radical (unpaired) electrons. The highest BCUT2D eigenvalue weighted by Crippen LogP contribution is 2.38. The number of benzene rings is 1. The summed E-state index contributed by atoms with van der Waals surface area (Å²) < 4.78 is 84.3. The van der Waals surface area contributed by atoms with Crippen molar-refractivity contribution in [1.29, 1.82) is 0 Å². The summed E-state index contributed by atoms with van der Waals surface area (Å²) in [5.74, 6) is -0.933. The molecule has 1 saturated heterocycles. The number of rotatable bonds is 10. The Kier molecular flexibility index (Phi) is 11.0. The zero-order chi connectivity index (χ0) is 36.4. The second kappa shape index (κ2) is 14.9. The van der Waals surface area contributed by atoms with Crippen molar-refractivity contribution in [2.45, 2.75) is 83.4 Å². The summed E-state index contributed by atoms with van der Waals surface area (Å²) >= 11 is 0. The zero-order valence-corrected chi connectivity index (χ0v) is 28.1. The van der Waals surface area contributed by atoms with Crippen LogP contribution in [-0.4, -0.2) is 78.4 Å². The molecule has 3 aromatic rings. The van der Waals surface area contributed by atoms with Gasteiger partial charge in [-0.25, -0.2) is 14.8 Å². The molecule has 0 spiro atoms. The first-order chi connectivity index (χ1) is 23.6. The van der Waals surface area contributed by atoms with Gasteiger partial charge >= 0.3 is 24.4 Å². The van der Waals surface area contributed by atoms with Gasteiger partial charge in [0.05, 0.1) is 29.3 Å². The summed E-state index contributed by atoms with van der Waals surface area (Å²) in [5.41, 5.74) is -1.72. The summed E-state index contributed by atoms with van der Waals surface area (Å²) in [4.78, 5) is 39.5. The zero-order valence-electron chi connectivity index (χ0n) is 28.1. The molecule has 1 aliphatic heterocycles. The molecule has 2 unspecified atom stereocenters. The van der Waals surface area contributed by atoms with Crippen LogP contribution in [0.2, 0.25) is 0 Å². The summed E-state index contributed by atoms with van der Waals surface area (Å²) in [7, 11) is 1.74. The molecule has 1 aromatic carbocycles. The van der Waals surface area contributed by atoms with Crippen LogP contribution in [0.15, 0.2) is 43.0 Å². The van der Waals surface area contributed by atoms with Gasteiger partial charge in [0, 0.05) is 69.0 Å². The Morgan fingerprint density at radius 3 is 2.04 bits per heavy atom. The largest absolute Gasteiger partial charge is 0.481 e. The Morgan fingerprint density at radius 1 is 0.920 bits per heavy atom. The number of aromatic nitrogens is 4. The second-order valence-corrected chi connectivity index (χ2v) is 13.2. The maximum Gasteiger partial charge on any atom is 0.416 e. The molecule has 10 nitrogen and oxygen atoms in total. The van der Waals surface area contributed by atoms with E-state index in [0.717, 1.165) is 5.56 Å². The minimum atomic E-state index is -5.01. The minimum absolute atomic E-state index is 0.0975. The minimum Gasteiger partial charge on any atom is -0.481 e. The van der Waals surface area contributed by atoms with E-state index in [4.69, 9.17) is 0 Å². The normalized spacial score (nSPS) is 21.3. The van der Waals surface area contributed by atoms with Gasteiger partial charge in [0.2, 0.25) is 5.95 Å². The Morgan fingerprint density at radius 2 is 1.54 bits per heavy atom. The van der Waals surface area contributed by atoms with Crippen LogP contribution in [0.25, 0.3) is 11.1 Å². The number of aliphatic carboxylic acids is 1. The number of anilines is 1. The molecule has 5 rings (SSSR count). The molecule has 2 atom stereocenters. The lowest BCUT2D eigenvalue weighted by atomic mass is 9.82. The van der Waals surface area contributed by atoms with E-state index in [1.807, 2.05) is 13.8 Å². The fraction of sp³-hybridized carbons (Fsp3) is 0.559. The average Bonchev–Trinajstić information content (AvgIpc) is 3.71. The maximum absolute atomic E-state index is 14.0. The third-order valence-electron chi connectivity index (χ3n) is 9.81. The number of carboxylic acid groups (broad SMARTS) is 1. The van der Waals surface area contributed by atoms with Crippen LogP contribution in [-0.2, 0) is 30.7 Å². The number of urea groups is 1. The highest BCUT2D eigenvalue weighted by Gasteiger charge is 2.41. The van der Waals surface area contributed by atoms with Crippen molar-refractivity contribution in [3.05, 3.63) is 59.7 Å². The molecular weight excluding hydrogens is 668 g/mol. The van der Waals surface area contributed by atoms with Crippen LogP contribution < -0.4 is 4.90 Å². The molecule has 1 N–H and O–H groups in total. The Hall–Kier alpha value is -4.37. The third-order valence-corrected chi connectivity index (χ3v) is 9.81. The van der Waals surface area contributed by atoms with Crippen molar-refractivity contribution in [2.24, 2.45) is 18.9 Å². The van der Waals surface area contributed by atoms with E-state index >= 15 is 0 Å². The molecule has 50 heavy (non-hydrogen) atoms. The lowest BCUT2D eigenvalue weighted by Gasteiger charge is -2.35. The molecule has 3 heterocycles. The Labute approximate surface area is 286 Å². The van der Waals surface area contributed by atoms with E-state index in [1.165, 1.54) is 12.4 Å². The van der Waals surface area contributed by atoms with Gasteiger partial charge in [-0.2, -0.15) is 31.4 Å². The standard InChI is InChI=1S/C34H41F6N7O3/c1-4-28-13-29(20-47(28)32(50)45(5-2)17-21-6-8-23(9-7-21)30(48)49)46(31-41-14-24(15-42-31)25-16-43-44(3)19-25)18-22-10-26(33(35,36)37)12-27(11-22)34(38,39)40/h10-12,14-16,19,21,23,28-29H,4-9,13,17-18,20H2,1-3H3,(H,48,49). The number of hydrogen-bond donors (Lipinski definition) is 1. The maximum atomic E-state index is 14.0. The van der Waals surface area contributed by atoms with Crippen LogP contribution in [0, 0.1) is 11.8 Å². The fourth-order valence-electron chi connectivity index (χ4n) is 7.03. The number of nitrogens with zero attached hydrogens (tertiary/aromatic N) is 7. The van der Waals surface area contributed by atoms with E-state index in [9.17, 15) is 41.0 Å². The van der Waals surface area contributed by atoms with Crippen LogP contribution >= 0.6 is 0 Å². The molecule has 1 saturated carbocycles. The molecule has 0 bridgehead atoms. The van der Waals surface area contributed by atoms with Gasteiger partial charge in [0.1, 0.15) is 0 Å². The van der Waals surface area contributed by atoms with Gasteiger partial charge < -0.3 is 19.8 Å².